The minimum Gasteiger partial charge on any atom is -0.480 e. The highest BCUT2D eigenvalue weighted by Gasteiger charge is 2.19. The fraction of sp³-hybridized carbons (Fsp3) is 0.357. The molecule has 0 unspecified atom stereocenters. The number of rotatable bonds is 8. The standard InChI is InChI=1S/C14H19N3O4/c15-14(21)16-8-4-7-11(13(19)20)17-12(18)9-10-5-2-1-3-6-10/h1-3,5-6,11H,4,7-9H2,(H,17,18)(H,19,20)(H3,15,16,21)/t11-/m0/s1. The first-order chi connectivity index (χ1) is 9.99. The Bertz CT molecular complexity index is 490. The molecule has 0 heterocycles. The Hall–Kier alpha value is -2.57. The van der Waals surface area contributed by atoms with Crippen LogP contribution in [0.15, 0.2) is 30.3 Å². The molecule has 0 aliphatic carbocycles. The Morgan fingerprint density at radius 3 is 2.43 bits per heavy atom. The minimum atomic E-state index is -1.10. The molecule has 1 aromatic rings. The molecule has 0 aliphatic heterocycles. The second-order valence-electron chi connectivity index (χ2n) is 4.55. The van der Waals surface area contributed by atoms with Gasteiger partial charge in [0.2, 0.25) is 5.91 Å². The molecule has 7 nitrogen and oxygen atoms in total. The Morgan fingerprint density at radius 1 is 1.19 bits per heavy atom. The van der Waals surface area contributed by atoms with E-state index in [0.29, 0.717) is 6.42 Å². The van der Waals surface area contributed by atoms with Gasteiger partial charge in [-0.05, 0) is 18.4 Å². The summed E-state index contributed by atoms with van der Waals surface area (Å²) in [6.45, 7) is 0.271. The van der Waals surface area contributed by atoms with Crippen LogP contribution in [0.3, 0.4) is 0 Å². The SMILES string of the molecule is NC(=O)NCCC[C@H](NC(=O)Cc1ccccc1)C(=O)O. The summed E-state index contributed by atoms with van der Waals surface area (Å²) >= 11 is 0. The summed E-state index contributed by atoms with van der Waals surface area (Å²) in [5.41, 5.74) is 5.71. The molecule has 114 valence electrons. The van der Waals surface area contributed by atoms with Crippen molar-refractivity contribution in [3.8, 4) is 0 Å². The summed E-state index contributed by atoms with van der Waals surface area (Å²) < 4.78 is 0. The lowest BCUT2D eigenvalue weighted by Gasteiger charge is -2.14. The van der Waals surface area contributed by atoms with E-state index in [9.17, 15) is 14.4 Å². The fourth-order valence-electron chi connectivity index (χ4n) is 1.80. The summed E-state index contributed by atoms with van der Waals surface area (Å²) in [6.07, 6.45) is 0.756. The Morgan fingerprint density at radius 2 is 1.86 bits per heavy atom. The van der Waals surface area contributed by atoms with Gasteiger partial charge < -0.3 is 21.5 Å². The van der Waals surface area contributed by atoms with E-state index in [1.165, 1.54) is 0 Å². The molecular weight excluding hydrogens is 274 g/mol. The molecule has 0 fully saturated rings. The van der Waals surface area contributed by atoms with Crippen LogP contribution in [0.1, 0.15) is 18.4 Å². The van der Waals surface area contributed by atoms with E-state index in [-0.39, 0.29) is 25.3 Å². The second kappa shape index (κ2) is 8.57. The number of nitrogens with one attached hydrogen (secondary N) is 2. The van der Waals surface area contributed by atoms with Crippen molar-refractivity contribution in [2.24, 2.45) is 5.73 Å². The number of nitrogens with two attached hydrogens (primary N) is 1. The van der Waals surface area contributed by atoms with Crippen LogP contribution in [0.25, 0.3) is 0 Å². The molecule has 0 radical (unpaired) electrons. The topological polar surface area (TPSA) is 122 Å². The largest absolute Gasteiger partial charge is 0.480 e. The quantitative estimate of drug-likeness (QED) is 0.513. The predicted molar refractivity (Wildman–Crippen MR) is 76.5 cm³/mol. The van der Waals surface area contributed by atoms with E-state index in [2.05, 4.69) is 10.6 Å². The maximum Gasteiger partial charge on any atom is 0.326 e. The Labute approximate surface area is 122 Å². The van der Waals surface area contributed by atoms with Crippen LogP contribution in [0.5, 0.6) is 0 Å². The number of carboxylic acid groups (broad SMARTS) is 1. The lowest BCUT2D eigenvalue weighted by atomic mass is 10.1. The number of aliphatic carboxylic acids is 1. The Kier molecular flexibility index (Phi) is 6.73. The summed E-state index contributed by atoms with van der Waals surface area (Å²) in [5.74, 6) is -1.45. The molecule has 0 bridgehead atoms. The van der Waals surface area contributed by atoms with E-state index in [4.69, 9.17) is 10.8 Å². The van der Waals surface area contributed by atoms with Crippen molar-refractivity contribution in [3.05, 3.63) is 35.9 Å². The molecule has 7 heteroatoms. The highest BCUT2D eigenvalue weighted by molar-refractivity contribution is 5.84. The molecular formula is C14H19N3O4. The number of carbonyl (C=O) groups is 3. The van der Waals surface area contributed by atoms with Gasteiger partial charge in [0.15, 0.2) is 0 Å². The minimum absolute atomic E-state index is 0.129. The van der Waals surface area contributed by atoms with Crippen molar-refractivity contribution in [1.29, 1.82) is 0 Å². The molecule has 1 rings (SSSR count). The number of hydrogen-bond acceptors (Lipinski definition) is 3. The van der Waals surface area contributed by atoms with E-state index in [1.54, 1.807) is 12.1 Å². The molecule has 0 saturated carbocycles. The van der Waals surface area contributed by atoms with E-state index >= 15 is 0 Å². The van der Waals surface area contributed by atoms with Crippen molar-refractivity contribution in [2.45, 2.75) is 25.3 Å². The van der Waals surface area contributed by atoms with Gasteiger partial charge in [-0.2, -0.15) is 0 Å². The van der Waals surface area contributed by atoms with Crippen molar-refractivity contribution < 1.29 is 19.5 Å². The first-order valence-corrected chi connectivity index (χ1v) is 6.58. The van der Waals surface area contributed by atoms with Crippen molar-refractivity contribution in [1.82, 2.24) is 10.6 Å². The van der Waals surface area contributed by atoms with Crippen LogP contribution in [-0.2, 0) is 16.0 Å². The van der Waals surface area contributed by atoms with Crippen LogP contribution in [0.4, 0.5) is 4.79 Å². The number of amides is 3. The fourth-order valence-corrected chi connectivity index (χ4v) is 1.80. The average molecular weight is 293 g/mol. The summed E-state index contributed by atoms with van der Waals surface area (Å²) in [7, 11) is 0. The number of hydrogen-bond donors (Lipinski definition) is 4. The molecule has 0 aliphatic rings. The van der Waals surface area contributed by atoms with Gasteiger partial charge in [-0.3, -0.25) is 4.79 Å². The van der Waals surface area contributed by atoms with Crippen LogP contribution in [-0.4, -0.2) is 35.6 Å². The normalized spacial score (nSPS) is 11.4. The number of carboxylic acids is 1. The van der Waals surface area contributed by atoms with Crippen molar-refractivity contribution in [3.63, 3.8) is 0 Å². The summed E-state index contributed by atoms with van der Waals surface area (Å²) in [5, 5.41) is 13.9. The molecule has 5 N–H and O–H groups in total. The maximum absolute atomic E-state index is 11.8. The van der Waals surface area contributed by atoms with Crippen molar-refractivity contribution >= 4 is 17.9 Å². The van der Waals surface area contributed by atoms with Crippen LogP contribution >= 0.6 is 0 Å². The third-order valence-electron chi connectivity index (χ3n) is 2.81. The molecule has 3 amide bonds. The van der Waals surface area contributed by atoms with Gasteiger partial charge in [0.1, 0.15) is 6.04 Å². The molecule has 0 spiro atoms. The van der Waals surface area contributed by atoms with Crippen LogP contribution < -0.4 is 16.4 Å². The first-order valence-electron chi connectivity index (χ1n) is 6.58. The maximum atomic E-state index is 11.8. The van der Waals surface area contributed by atoms with Gasteiger partial charge in [0.05, 0.1) is 6.42 Å². The average Bonchev–Trinajstić information content (AvgIpc) is 2.42. The zero-order valence-electron chi connectivity index (χ0n) is 11.5. The monoisotopic (exact) mass is 293 g/mol. The third-order valence-corrected chi connectivity index (χ3v) is 2.81. The van der Waals surface area contributed by atoms with Gasteiger partial charge in [-0.15, -0.1) is 0 Å². The smallest absolute Gasteiger partial charge is 0.326 e. The molecule has 1 aromatic carbocycles. The van der Waals surface area contributed by atoms with E-state index in [1.807, 2.05) is 18.2 Å². The highest BCUT2D eigenvalue weighted by atomic mass is 16.4. The number of carbonyl (C=O) groups excluding carboxylic acids is 2. The van der Waals surface area contributed by atoms with Gasteiger partial charge >= 0.3 is 12.0 Å². The molecule has 0 aromatic heterocycles. The van der Waals surface area contributed by atoms with Crippen molar-refractivity contribution in [2.75, 3.05) is 6.54 Å². The first kappa shape index (κ1) is 16.5. The lowest BCUT2D eigenvalue weighted by Crippen LogP contribution is -2.42. The molecule has 1 atom stereocenters. The van der Waals surface area contributed by atoms with Gasteiger partial charge in [0.25, 0.3) is 0 Å². The highest BCUT2D eigenvalue weighted by Crippen LogP contribution is 2.02. The predicted octanol–water partition coefficient (Wildman–Crippen LogP) is 0.247. The zero-order chi connectivity index (χ0) is 15.7. The van der Waals surface area contributed by atoms with Gasteiger partial charge in [0, 0.05) is 6.54 Å². The number of benzene rings is 1. The Balaban J connectivity index is 2.41. The van der Waals surface area contributed by atoms with E-state index in [0.717, 1.165) is 5.56 Å². The summed E-state index contributed by atoms with van der Waals surface area (Å²) in [4.78, 5) is 33.4. The molecule has 21 heavy (non-hydrogen) atoms. The van der Waals surface area contributed by atoms with Crippen LogP contribution in [0, 0.1) is 0 Å². The van der Waals surface area contributed by atoms with Gasteiger partial charge in [-0.25, -0.2) is 9.59 Å². The van der Waals surface area contributed by atoms with E-state index < -0.39 is 18.0 Å². The van der Waals surface area contributed by atoms with Gasteiger partial charge in [-0.1, -0.05) is 30.3 Å². The summed E-state index contributed by atoms with van der Waals surface area (Å²) in [6, 6.07) is 7.43. The zero-order valence-corrected chi connectivity index (χ0v) is 11.5. The number of primary amides is 1. The molecule has 0 saturated heterocycles. The third kappa shape index (κ3) is 6.95. The number of urea groups is 1. The second-order valence-corrected chi connectivity index (χ2v) is 4.55. The van der Waals surface area contributed by atoms with Crippen LogP contribution in [0.2, 0.25) is 0 Å². The lowest BCUT2D eigenvalue weighted by molar-refractivity contribution is -0.141.